The van der Waals surface area contributed by atoms with Crippen LogP contribution in [0.1, 0.15) is 0 Å². The van der Waals surface area contributed by atoms with Crippen molar-refractivity contribution >= 4 is 23.4 Å². The fourth-order valence-electron chi connectivity index (χ4n) is 2.56. The van der Waals surface area contributed by atoms with Gasteiger partial charge in [-0.15, -0.1) is 0 Å². The molecule has 1 aromatic carbocycles. The second-order valence-electron chi connectivity index (χ2n) is 5.14. The van der Waals surface area contributed by atoms with Gasteiger partial charge in [0, 0.05) is 22.8 Å². The Kier molecular flexibility index (Phi) is 4.31. The van der Waals surface area contributed by atoms with Crippen molar-refractivity contribution in [1.82, 2.24) is 0 Å². The molecule has 9 heteroatoms. The summed E-state index contributed by atoms with van der Waals surface area (Å²) in [6.45, 7) is 1.54. The van der Waals surface area contributed by atoms with E-state index in [9.17, 15) is 9.59 Å². The van der Waals surface area contributed by atoms with Gasteiger partial charge in [0.1, 0.15) is 12.7 Å². The highest BCUT2D eigenvalue weighted by molar-refractivity contribution is 5.95. The summed E-state index contributed by atoms with van der Waals surface area (Å²) >= 11 is 0. The molecule has 3 rings (SSSR count). The molecule has 0 aliphatic carbocycles. The number of hydrogen-bond acceptors (Lipinski definition) is 5. The predicted molar refractivity (Wildman–Crippen MR) is 81.2 cm³/mol. The maximum Gasteiger partial charge on any atom is 0.414 e. The highest BCUT2D eigenvalue weighted by Gasteiger charge is 2.32. The number of nitrogens with zero attached hydrogens (tertiary/aromatic N) is 5. The largest absolute Gasteiger partial charge is 0.444 e. The zero-order valence-corrected chi connectivity index (χ0v) is 12.3. The summed E-state index contributed by atoms with van der Waals surface area (Å²) in [4.78, 5) is 29.5. The van der Waals surface area contributed by atoms with Crippen LogP contribution in [-0.2, 0) is 14.3 Å². The van der Waals surface area contributed by atoms with E-state index in [0.29, 0.717) is 25.4 Å². The van der Waals surface area contributed by atoms with Crippen LogP contribution >= 0.6 is 0 Å². The Morgan fingerprint density at radius 3 is 2.57 bits per heavy atom. The molecule has 0 aromatic heterocycles. The van der Waals surface area contributed by atoms with Crippen LogP contribution in [0.3, 0.4) is 0 Å². The molecule has 2 heterocycles. The van der Waals surface area contributed by atoms with Gasteiger partial charge in [-0.05, 0) is 29.8 Å². The third kappa shape index (κ3) is 3.20. The van der Waals surface area contributed by atoms with Crippen LogP contribution < -0.4 is 9.80 Å². The number of ether oxygens (including phenoxy) is 2. The van der Waals surface area contributed by atoms with Crippen LogP contribution in [0.4, 0.5) is 16.2 Å². The smallest absolute Gasteiger partial charge is 0.414 e. The number of carbonyl (C=O) groups is 2. The number of carbonyl (C=O) groups excluding carboxylic acids is 2. The monoisotopic (exact) mass is 317 g/mol. The molecule has 2 amide bonds. The fraction of sp³-hybridized carbons (Fsp3) is 0.429. The molecule has 2 fully saturated rings. The van der Waals surface area contributed by atoms with Gasteiger partial charge in [0.25, 0.3) is 5.91 Å². The van der Waals surface area contributed by atoms with Gasteiger partial charge in [0.15, 0.2) is 0 Å². The summed E-state index contributed by atoms with van der Waals surface area (Å²) in [6.07, 6.45) is -0.919. The topological polar surface area (TPSA) is 108 Å². The van der Waals surface area contributed by atoms with E-state index >= 15 is 0 Å². The SMILES string of the molecule is [N-]=[N+]=NC[C@H]1CN(c2ccc(N3CCOCC3=O)cc2)C(=O)O1. The van der Waals surface area contributed by atoms with Crippen molar-refractivity contribution in [1.29, 1.82) is 0 Å². The number of rotatable bonds is 4. The number of azide groups is 1. The second kappa shape index (κ2) is 6.55. The van der Waals surface area contributed by atoms with E-state index in [1.807, 2.05) is 0 Å². The zero-order chi connectivity index (χ0) is 16.2. The van der Waals surface area contributed by atoms with Crippen molar-refractivity contribution in [2.24, 2.45) is 5.11 Å². The lowest BCUT2D eigenvalue weighted by Gasteiger charge is -2.27. The van der Waals surface area contributed by atoms with Crippen molar-refractivity contribution in [3.63, 3.8) is 0 Å². The minimum Gasteiger partial charge on any atom is -0.444 e. The standard InChI is InChI=1S/C14H15N5O4/c15-17-16-7-12-8-19(14(21)23-12)11-3-1-10(2-4-11)18-5-6-22-9-13(18)20/h1-4,12H,5-9H2/t12-/m0/s1. The molecule has 0 N–H and O–H groups in total. The Balaban J connectivity index is 1.71. The third-order valence-electron chi connectivity index (χ3n) is 3.68. The molecular weight excluding hydrogens is 302 g/mol. The quantitative estimate of drug-likeness (QED) is 0.478. The highest BCUT2D eigenvalue weighted by Crippen LogP contribution is 2.25. The van der Waals surface area contributed by atoms with Crippen molar-refractivity contribution in [2.45, 2.75) is 6.10 Å². The van der Waals surface area contributed by atoms with E-state index in [2.05, 4.69) is 10.0 Å². The molecular formula is C14H15N5O4. The van der Waals surface area contributed by atoms with Crippen LogP contribution in [0.15, 0.2) is 29.4 Å². The molecule has 2 aliphatic heterocycles. The summed E-state index contributed by atoms with van der Waals surface area (Å²) in [5.41, 5.74) is 9.75. The van der Waals surface area contributed by atoms with Crippen molar-refractivity contribution < 1.29 is 19.1 Å². The molecule has 9 nitrogen and oxygen atoms in total. The fourth-order valence-corrected chi connectivity index (χ4v) is 2.56. The number of morpholine rings is 1. The van der Waals surface area contributed by atoms with Gasteiger partial charge in [-0.1, -0.05) is 5.11 Å². The van der Waals surface area contributed by atoms with Gasteiger partial charge in [-0.3, -0.25) is 9.69 Å². The van der Waals surface area contributed by atoms with Gasteiger partial charge >= 0.3 is 6.09 Å². The van der Waals surface area contributed by atoms with Crippen molar-refractivity contribution in [2.75, 3.05) is 42.6 Å². The average Bonchev–Trinajstić information content (AvgIpc) is 2.94. The van der Waals surface area contributed by atoms with Gasteiger partial charge in [-0.25, -0.2) is 4.79 Å². The molecule has 0 bridgehead atoms. The zero-order valence-electron chi connectivity index (χ0n) is 12.3. The molecule has 1 aromatic rings. The van der Waals surface area contributed by atoms with Crippen LogP contribution in [-0.4, -0.2) is 51.0 Å². The normalized spacial score (nSPS) is 21.1. The van der Waals surface area contributed by atoms with Crippen molar-refractivity contribution in [3.05, 3.63) is 34.7 Å². The molecule has 2 saturated heterocycles. The summed E-state index contributed by atoms with van der Waals surface area (Å²) < 4.78 is 10.2. The van der Waals surface area contributed by atoms with E-state index in [-0.39, 0.29) is 19.1 Å². The second-order valence-corrected chi connectivity index (χ2v) is 5.14. The average molecular weight is 317 g/mol. The first-order chi connectivity index (χ1) is 11.2. The van der Waals surface area contributed by atoms with Crippen LogP contribution in [0.25, 0.3) is 10.4 Å². The maximum atomic E-state index is 11.9. The van der Waals surface area contributed by atoms with Gasteiger partial charge in [0.2, 0.25) is 0 Å². The van der Waals surface area contributed by atoms with E-state index < -0.39 is 12.2 Å². The molecule has 2 aliphatic rings. The van der Waals surface area contributed by atoms with Gasteiger partial charge in [0.05, 0.1) is 19.7 Å². The lowest BCUT2D eigenvalue weighted by molar-refractivity contribution is -0.125. The third-order valence-corrected chi connectivity index (χ3v) is 3.68. The van der Waals surface area contributed by atoms with Crippen LogP contribution in [0.5, 0.6) is 0 Å². The first kappa shape index (κ1) is 15.1. The van der Waals surface area contributed by atoms with Crippen molar-refractivity contribution in [3.8, 4) is 0 Å². The molecule has 1 atom stereocenters. The highest BCUT2D eigenvalue weighted by atomic mass is 16.6. The summed E-state index contributed by atoms with van der Waals surface area (Å²) in [5.74, 6) is -0.0842. The van der Waals surface area contributed by atoms with E-state index in [1.54, 1.807) is 29.2 Å². The number of anilines is 2. The number of cyclic esters (lactones) is 1. The van der Waals surface area contributed by atoms with Crippen LogP contribution in [0.2, 0.25) is 0 Å². The van der Waals surface area contributed by atoms with E-state index in [0.717, 1.165) is 5.69 Å². The number of hydrogen-bond donors (Lipinski definition) is 0. The minimum absolute atomic E-state index is 0.0842. The first-order valence-electron chi connectivity index (χ1n) is 7.16. The predicted octanol–water partition coefficient (Wildman–Crippen LogP) is 1.69. The molecule has 0 saturated carbocycles. The summed E-state index contributed by atoms with van der Waals surface area (Å²) in [6, 6.07) is 7.09. The minimum atomic E-state index is -0.474. The Morgan fingerprint density at radius 1 is 1.22 bits per heavy atom. The maximum absolute atomic E-state index is 11.9. The number of amides is 2. The van der Waals surface area contributed by atoms with Gasteiger partial charge in [-0.2, -0.15) is 0 Å². The lowest BCUT2D eigenvalue weighted by Crippen LogP contribution is -2.41. The molecule has 0 spiro atoms. The Labute approximate surface area is 132 Å². The first-order valence-corrected chi connectivity index (χ1v) is 7.16. The molecule has 120 valence electrons. The lowest BCUT2D eigenvalue weighted by atomic mass is 10.2. The Hall–Kier alpha value is -2.77. The van der Waals surface area contributed by atoms with E-state index in [1.165, 1.54) is 4.90 Å². The molecule has 0 unspecified atom stereocenters. The number of benzene rings is 1. The van der Waals surface area contributed by atoms with Crippen LogP contribution in [0, 0.1) is 0 Å². The summed E-state index contributed by atoms with van der Waals surface area (Å²) in [7, 11) is 0. The molecule has 0 radical (unpaired) electrons. The van der Waals surface area contributed by atoms with E-state index in [4.69, 9.17) is 15.0 Å². The Morgan fingerprint density at radius 2 is 1.91 bits per heavy atom. The molecule has 23 heavy (non-hydrogen) atoms. The Bertz CT molecular complexity index is 656. The summed E-state index contributed by atoms with van der Waals surface area (Å²) in [5, 5.41) is 3.42. The van der Waals surface area contributed by atoms with Gasteiger partial charge < -0.3 is 14.4 Å².